The quantitative estimate of drug-likeness (QED) is 0.0547. The lowest BCUT2D eigenvalue weighted by Crippen LogP contribution is -2.61. The Morgan fingerprint density at radius 1 is 0.617 bits per heavy atom. The van der Waals surface area contributed by atoms with E-state index in [-0.39, 0.29) is 31.2 Å². The third-order valence-electron chi connectivity index (χ3n) is 6.53. The van der Waals surface area contributed by atoms with Crippen molar-refractivity contribution in [3.05, 3.63) is 0 Å². The zero-order valence-corrected chi connectivity index (χ0v) is 27.5. The summed E-state index contributed by atoms with van der Waals surface area (Å²) in [6, 6.07) is -8.63. The standard InChI is InChI=1S/C28H50N8O11/c1-12(2)7-16(24(42)33-18(9-20(30)39)26(44)35-19(11-37)28(46)47)32-25(43)17(8-13(3)4)34-27(45)22(15(6)38)36-23(41)14(5)31-21(40)10-29/h12-19,22,37-38H,7-11,29H2,1-6H3,(H2,30,39)(H,31,40)(H,32,43)(H,33,42)(H,34,45)(H,35,44)(H,36,41)(H,46,47)/t14-,15+,16-,17-,18-,19-,22-/m0/s1. The van der Waals surface area contributed by atoms with E-state index < -0.39 is 103 Å². The lowest BCUT2D eigenvalue weighted by Gasteiger charge is -2.28. The molecule has 7 atom stereocenters. The van der Waals surface area contributed by atoms with Gasteiger partial charge in [-0.3, -0.25) is 33.6 Å². The molecule has 7 amide bonds. The number of amides is 7. The van der Waals surface area contributed by atoms with E-state index in [1.807, 2.05) is 5.32 Å². The van der Waals surface area contributed by atoms with Crippen LogP contribution >= 0.6 is 0 Å². The van der Waals surface area contributed by atoms with Crippen molar-refractivity contribution in [1.29, 1.82) is 0 Å². The number of aliphatic carboxylic acids is 1. The van der Waals surface area contributed by atoms with Crippen LogP contribution in [0.1, 0.15) is 60.8 Å². The molecule has 0 unspecified atom stereocenters. The minimum atomic E-state index is -1.73. The molecule has 0 aromatic carbocycles. The summed E-state index contributed by atoms with van der Waals surface area (Å²) >= 11 is 0. The number of carbonyl (C=O) groups excluding carboxylic acids is 7. The molecular weight excluding hydrogens is 624 g/mol. The number of hydrogen-bond acceptors (Lipinski definition) is 11. The molecule has 0 heterocycles. The van der Waals surface area contributed by atoms with E-state index in [2.05, 4.69) is 26.6 Å². The van der Waals surface area contributed by atoms with Crippen molar-refractivity contribution in [2.75, 3.05) is 13.2 Å². The van der Waals surface area contributed by atoms with E-state index in [0.717, 1.165) is 0 Å². The largest absolute Gasteiger partial charge is 0.480 e. The maximum absolute atomic E-state index is 13.5. The maximum atomic E-state index is 13.5. The molecule has 19 nitrogen and oxygen atoms in total. The molecule has 47 heavy (non-hydrogen) atoms. The van der Waals surface area contributed by atoms with Crippen molar-refractivity contribution in [3.8, 4) is 0 Å². The van der Waals surface area contributed by atoms with Crippen molar-refractivity contribution >= 4 is 47.3 Å². The molecular formula is C28H50N8O11. The predicted molar refractivity (Wildman–Crippen MR) is 165 cm³/mol. The third kappa shape index (κ3) is 16.2. The number of carbonyl (C=O) groups is 8. The molecule has 0 aromatic heterocycles. The lowest BCUT2D eigenvalue weighted by molar-refractivity contribution is -0.143. The summed E-state index contributed by atoms with van der Waals surface area (Å²) in [6.45, 7) is 8.19. The van der Waals surface area contributed by atoms with Gasteiger partial charge in [0.25, 0.3) is 0 Å². The highest BCUT2D eigenvalue weighted by molar-refractivity contribution is 5.97. The summed E-state index contributed by atoms with van der Waals surface area (Å²) in [5.41, 5.74) is 10.4. The first-order valence-corrected chi connectivity index (χ1v) is 15.0. The lowest BCUT2D eigenvalue weighted by atomic mass is 9.99. The second kappa shape index (κ2) is 20.7. The Balaban J connectivity index is 6.05. The topological polar surface area (TPSA) is 321 Å². The van der Waals surface area contributed by atoms with E-state index in [0.29, 0.717) is 0 Å². The summed E-state index contributed by atoms with van der Waals surface area (Å²) in [7, 11) is 0. The molecule has 0 saturated carbocycles. The number of hydrogen-bond donors (Lipinski definition) is 11. The Morgan fingerprint density at radius 3 is 1.43 bits per heavy atom. The molecule has 0 bridgehead atoms. The van der Waals surface area contributed by atoms with Crippen molar-refractivity contribution in [1.82, 2.24) is 31.9 Å². The van der Waals surface area contributed by atoms with E-state index in [9.17, 15) is 48.6 Å². The van der Waals surface area contributed by atoms with Gasteiger partial charge in [0.15, 0.2) is 0 Å². The van der Waals surface area contributed by atoms with Crippen LogP contribution in [0.5, 0.6) is 0 Å². The van der Waals surface area contributed by atoms with Gasteiger partial charge in [-0.1, -0.05) is 27.7 Å². The van der Waals surface area contributed by atoms with Crippen LogP contribution in [-0.4, -0.2) is 118 Å². The van der Waals surface area contributed by atoms with Crippen LogP contribution in [0.3, 0.4) is 0 Å². The molecule has 19 heteroatoms. The molecule has 268 valence electrons. The molecule has 0 aliphatic heterocycles. The first kappa shape index (κ1) is 42.6. The Bertz CT molecular complexity index is 1130. The van der Waals surface area contributed by atoms with Gasteiger partial charge in [-0.25, -0.2) is 4.79 Å². The van der Waals surface area contributed by atoms with E-state index in [1.54, 1.807) is 27.7 Å². The molecule has 0 fully saturated rings. The van der Waals surface area contributed by atoms with Crippen molar-refractivity contribution in [2.45, 2.75) is 103 Å². The van der Waals surface area contributed by atoms with Gasteiger partial charge in [0.05, 0.1) is 25.7 Å². The van der Waals surface area contributed by atoms with Crippen LogP contribution in [0, 0.1) is 11.8 Å². The highest BCUT2D eigenvalue weighted by atomic mass is 16.4. The van der Waals surface area contributed by atoms with Gasteiger partial charge in [0.1, 0.15) is 36.3 Å². The zero-order chi connectivity index (χ0) is 36.6. The van der Waals surface area contributed by atoms with Gasteiger partial charge in [0.2, 0.25) is 41.4 Å². The predicted octanol–water partition coefficient (Wildman–Crippen LogP) is -4.70. The van der Waals surface area contributed by atoms with Crippen LogP contribution in [-0.2, 0) is 38.4 Å². The Hall–Kier alpha value is -4.36. The van der Waals surface area contributed by atoms with Crippen LogP contribution in [0.2, 0.25) is 0 Å². The fraction of sp³-hybridized carbons (Fsp3) is 0.714. The number of nitrogens with one attached hydrogen (secondary N) is 6. The van der Waals surface area contributed by atoms with Crippen LogP contribution in [0.15, 0.2) is 0 Å². The maximum Gasteiger partial charge on any atom is 0.328 e. The smallest absolute Gasteiger partial charge is 0.328 e. The van der Waals surface area contributed by atoms with E-state index in [1.165, 1.54) is 13.8 Å². The molecule has 0 spiro atoms. The summed E-state index contributed by atoms with van der Waals surface area (Å²) < 4.78 is 0. The molecule has 13 N–H and O–H groups in total. The molecule has 0 saturated heterocycles. The number of nitrogens with two attached hydrogens (primary N) is 2. The Kier molecular flexibility index (Phi) is 18.8. The van der Waals surface area contributed by atoms with Gasteiger partial charge in [-0.2, -0.15) is 0 Å². The van der Waals surface area contributed by atoms with Gasteiger partial charge < -0.3 is 58.7 Å². The van der Waals surface area contributed by atoms with Gasteiger partial charge >= 0.3 is 5.97 Å². The number of rotatable bonds is 21. The summed E-state index contributed by atoms with van der Waals surface area (Å²) in [5.74, 6) is -8.21. The Labute approximate surface area is 272 Å². The Morgan fingerprint density at radius 2 is 1.04 bits per heavy atom. The van der Waals surface area contributed by atoms with Crippen LogP contribution in [0.4, 0.5) is 0 Å². The molecule has 0 radical (unpaired) electrons. The number of carboxylic acids is 1. The fourth-order valence-electron chi connectivity index (χ4n) is 4.13. The summed E-state index contributed by atoms with van der Waals surface area (Å²) in [5, 5.41) is 42.5. The SMILES string of the molecule is CC(C)C[C@H](NC(=O)[C@H](CC(C)C)NC(=O)[C@@H](NC(=O)[C@H](C)NC(=O)CN)[C@@H](C)O)C(=O)N[C@@H](CC(N)=O)C(=O)N[C@@H](CO)C(=O)O. The van der Waals surface area contributed by atoms with Crippen LogP contribution < -0.4 is 43.4 Å². The number of primary amides is 1. The van der Waals surface area contributed by atoms with Crippen molar-refractivity contribution in [2.24, 2.45) is 23.3 Å². The van der Waals surface area contributed by atoms with Crippen molar-refractivity contribution < 1.29 is 53.7 Å². The highest BCUT2D eigenvalue weighted by Gasteiger charge is 2.35. The fourth-order valence-corrected chi connectivity index (χ4v) is 4.13. The highest BCUT2D eigenvalue weighted by Crippen LogP contribution is 2.10. The second-order valence-corrected chi connectivity index (χ2v) is 11.9. The third-order valence-corrected chi connectivity index (χ3v) is 6.53. The molecule has 0 rings (SSSR count). The minimum absolute atomic E-state index is 0.0258. The molecule has 0 aliphatic rings. The summed E-state index contributed by atoms with van der Waals surface area (Å²) in [6.07, 6.45) is -2.08. The molecule has 0 aliphatic carbocycles. The number of aliphatic hydroxyl groups excluding tert-OH is 2. The summed E-state index contributed by atoms with van der Waals surface area (Å²) in [4.78, 5) is 99.6. The second-order valence-electron chi connectivity index (χ2n) is 11.9. The van der Waals surface area contributed by atoms with Gasteiger partial charge in [-0.05, 0) is 38.5 Å². The first-order chi connectivity index (χ1) is 21.7. The van der Waals surface area contributed by atoms with Gasteiger partial charge in [0, 0.05) is 0 Å². The number of aliphatic hydroxyl groups is 2. The first-order valence-electron chi connectivity index (χ1n) is 15.0. The minimum Gasteiger partial charge on any atom is -0.480 e. The normalized spacial score (nSPS) is 15.6. The average Bonchev–Trinajstić information content (AvgIpc) is 2.95. The van der Waals surface area contributed by atoms with Crippen molar-refractivity contribution in [3.63, 3.8) is 0 Å². The monoisotopic (exact) mass is 674 g/mol. The van der Waals surface area contributed by atoms with E-state index in [4.69, 9.17) is 16.6 Å². The van der Waals surface area contributed by atoms with Crippen LogP contribution in [0.25, 0.3) is 0 Å². The number of carboxylic acid groups (broad SMARTS) is 1. The molecule has 0 aromatic rings. The van der Waals surface area contributed by atoms with Gasteiger partial charge in [-0.15, -0.1) is 0 Å². The van der Waals surface area contributed by atoms with E-state index >= 15 is 0 Å². The zero-order valence-electron chi connectivity index (χ0n) is 27.5. The average molecular weight is 675 g/mol.